The molecule has 2 aromatic rings. The van der Waals surface area contributed by atoms with Crippen LogP contribution < -0.4 is 14.8 Å². The van der Waals surface area contributed by atoms with Gasteiger partial charge in [-0.25, -0.2) is 4.39 Å². The third-order valence-corrected chi connectivity index (χ3v) is 4.67. The number of methoxy groups -OCH3 is 2. The van der Waals surface area contributed by atoms with Gasteiger partial charge in [0.05, 0.1) is 25.2 Å². The van der Waals surface area contributed by atoms with E-state index >= 15 is 0 Å². The molecule has 6 heteroatoms. The van der Waals surface area contributed by atoms with Gasteiger partial charge >= 0.3 is 0 Å². The maximum Gasteiger partial charge on any atom is 0.237 e. The Bertz CT molecular complexity index is 708. The lowest BCUT2D eigenvalue weighted by Crippen LogP contribution is -2.23. The smallest absolute Gasteiger partial charge is 0.237 e. The quantitative estimate of drug-likeness (QED) is 0.817. The number of carbonyl (C=O) groups is 1. The molecule has 128 valence electrons. The molecule has 0 aromatic heterocycles. The van der Waals surface area contributed by atoms with Crippen molar-refractivity contribution in [2.75, 3.05) is 19.5 Å². The van der Waals surface area contributed by atoms with E-state index in [9.17, 15) is 9.18 Å². The van der Waals surface area contributed by atoms with E-state index in [0.717, 1.165) is 17.1 Å². The van der Waals surface area contributed by atoms with Crippen LogP contribution in [0.15, 0.2) is 42.5 Å². The predicted octanol–water partition coefficient (Wildman–Crippen LogP) is 4.10. The van der Waals surface area contributed by atoms with Crippen molar-refractivity contribution in [2.45, 2.75) is 17.9 Å². The zero-order valence-electron chi connectivity index (χ0n) is 13.8. The molecule has 1 N–H and O–H groups in total. The largest absolute Gasteiger partial charge is 0.497 e. The molecule has 0 radical (unpaired) electrons. The van der Waals surface area contributed by atoms with Gasteiger partial charge in [0.1, 0.15) is 17.3 Å². The van der Waals surface area contributed by atoms with Crippen LogP contribution in [0, 0.1) is 5.82 Å². The summed E-state index contributed by atoms with van der Waals surface area (Å²) in [6.45, 7) is 1.79. The molecule has 0 aliphatic rings. The molecule has 1 amide bonds. The van der Waals surface area contributed by atoms with Crippen molar-refractivity contribution < 1.29 is 18.7 Å². The van der Waals surface area contributed by atoms with Crippen LogP contribution in [0.4, 0.5) is 10.1 Å². The summed E-state index contributed by atoms with van der Waals surface area (Å²) in [6, 6.07) is 11.6. The summed E-state index contributed by atoms with van der Waals surface area (Å²) < 4.78 is 24.1. The summed E-state index contributed by atoms with van der Waals surface area (Å²) in [7, 11) is 3.20. The second-order valence-corrected chi connectivity index (χ2v) is 6.43. The first-order chi connectivity index (χ1) is 11.5. The molecule has 0 unspecified atom stereocenters. The number of anilines is 1. The van der Waals surface area contributed by atoms with Crippen molar-refractivity contribution in [3.05, 3.63) is 53.8 Å². The minimum Gasteiger partial charge on any atom is -0.497 e. The topological polar surface area (TPSA) is 47.6 Å². The number of amides is 1. The SMILES string of the molecule is COc1ccc(OC)c(CS[C@H](C)C(=O)Nc2ccccc2F)c1. The predicted molar refractivity (Wildman–Crippen MR) is 95.3 cm³/mol. The van der Waals surface area contributed by atoms with Crippen LogP contribution in [0.25, 0.3) is 0 Å². The Balaban J connectivity index is 1.98. The average molecular weight is 349 g/mol. The van der Waals surface area contributed by atoms with Gasteiger partial charge in [-0.05, 0) is 37.3 Å². The number of para-hydroxylation sites is 1. The third kappa shape index (κ3) is 4.64. The summed E-state index contributed by atoms with van der Waals surface area (Å²) in [6.07, 6.45) is 0. The molecule has 0 saturated carbocycles. The van der Waals surface area contributed by atoms with Crippen molar-refractivity contribution in [1.29, 1.82) is 0 Å². The van der Waals surface area contributed by atoms with E-state index in [1.807, 2.05) is 18.2 Å². The van der Waals surface area contributed by atoms with Crippen molar-refractivity contribution >= 4 is 23.4 Å². The Hall–Kier alpha value is -2.21. The lowest BCUT2D eigenvalue weighted by atomic mass is 10.2. The van der Waals surface area contributed by atoms with Gasteiger partial charge in [0.2, 0.25) is 5.91 Å². The number of ether oxygens (including phenoxy) is 2. The molecule has 0 bridgehead atoms. The summed E-state index contributed by atoms with van der Waals surface area (Å²) in [5.41, 5.74) is 1.13. The van der Waals surface area contributed by atoms with E-state index in [0.29, 0.717) is 5.75 Å². The number of benzene rings is 2. The average Bonchev–Trinajstić information content (AvgIpc) is 2.61. The van der Waals surface area contributed by atoms with Crippen LogP contribution in [0.1, 0.15) is 12.5 Å². The first-order valence-electron chi connectivity index (χ1n) is 7.43. The van der Waals surface area contributed by atoms with E-state index in [4.69, 9.17) is 9.47 Å². The highest BCUT2D eigenvalue weighted by atomic mass is 32.2. The standard InChI is InChI=1S/C18H20FNO3S/c1-12(18(21)20-16-7-5-4-6-15(16)19)24-11-13-10-14(22-2)8-9-17(13)23-3/h4-10,12H,11H2,1-3H3,(H,20,21)/t12-/m1/s1. The molecular formula is C18H20FNO3S. The van der Waals surface area contributed by atoms with E-state index in [-0.39, 0.29) is 16.8 Å². The van der Waals surface area contributed by atoms with Gasteiger partial charge in [0.25, 0.3) is 0 Å². The number of halogens is 1. The molecule has 4 nitrogen and oxygen atoms in total. The van der Waals surface area contributed by atoms with Gasteiger partial charge < -0.3 is 14.8 Å². The Morgan fingerprint density at radius 3 is 2.62 bits per heavy atom. The molecule has 2 aromatic carbocycles. The van der Waals surface area contributed by atoms with Crippen LogP contribution in [-0.4, -0.2) is 25.4 Å². The highest BCUT2D eigenvalue weighted by Crippen LogP contribution is 2.29. The van der Waals surface area contributed by atoms with Gasteiger partial charge in [-0.3, -0.25) is 4.79 Å². The number of carbonyl (C=O) groups excluding carboxylic acids is 1. The highest BCUT2D eigenvalue weighted by Gasteiger charge is 2.16. The number of rotatable bonds is 7. The van der Waals surface area contributed by atoms with Gasteiger partial charge in [-0.15, -0.1) is 11.8 Å². The summed E-state index contributed by atoms with van der Waals surface area (Å²) >= 11 is 1.44. The Kier molecular flexibility index (Phi) is 6.49. The minimum atomic E-state index is -0.447. The van der Waals surface area contributed by atoms with Crippen LogP contribution in [-0.2, 0) is 10.5 Å². The lowest BCUT2D eigenvalue weighted by molar-refractivity contribution is -0.115. The monoisotopic (exact) mass is 349 g/mol. The van der Waals surface area contributed by atoms with Crippen molar-refractivity contribution in [3.63, 3.8) is 0 Å². The second kappa shape index (κ2) is 8.59. The first-order valence-corrected chi connectivity index (χ1v) is 8.48. The van der Waals surface area contributed by atoms with E-state index in [1.165, 1.54) is 23.9 Å². The van der Waals surface area contributed by atoms with E-state index in [2.05, 4.69) is 5.32 Å². The van der Waals surface area contributed by atoms with Crippen molar-refractivity contribution in [2.24, 2.45) is 0 Å². The van der Waals surface area contributed by atoms with E-state index in [1.54, 1.807) is 33.3 Å². The van der Waals surface area contributed by atoms with Gasteiger partial charge in [-0.1, -0.05) is 12.1 Å². The Morgan fingerprint density at radius 1 is 1.21 bits per heavy atom. The first kappa shape index (κ1) is 18.1. The molecule has 1 atom stereocenters. The minimum absolute atomic E-state index is 0.189. The second-order valence-electron chi connectivity index (χ2n) is 5.10. The summed E-state index contributed by atoms with van der Waals surface area (Å²) in [5, 5.41) is 2.26. The lowest BCUT2D eigenvalue weighted by Gasteiger charge is -2.14. The highest BCUT2D eigenvalue weighted by molar-refractivity contribution is 7.99. The fourth-order valence-corrected chi connectivity index (χ4v) is 2.95. The fourth-order valence-electron chi connectivity index (χ4n) is 2.08. The molecule has 0 spiro atoms. The van der Waals surface area contributed by atoms with Crippen molar-refractivity contribution in [3.8, 4) is 11.5 Å². The molecule has 2 rings (SSSR count). The van der Waals surface area contributed by atoms with Crippen LogP contribution in [0.2, 0.25) is 0 Å². The van der Waals surface area contributed by atoms with Crippen molar-refractivity contribution in [1.82, 2.24) is 0 Å². The fraction of sp³-hybridized carbons (Fsp3) is 0.278. The summed E-state index contributed by atoms with van der Waals surface area (Å²) in [5.74, 6) is 1.36. The Morgan fingerprint density at radius 2 is 1.96 bits per heavy atom. The van der Waals surface area contributed by atoms with E-state index < -0.39 is 5.82 Å². The zero-order chi connectivity index (χ0) is 17.5. The molecule has 24 heavy (non-hydrogen) atoms. The number of hydrogen-bond acceptors (Lipinski definition) is 4. The van der Waals surface area contributed by atoms with Gasteiger partial charge in [-0.2, -0.15) is 0 Å². The van der Waals surface area contributed by atoms with Crippen LogP contribution >= 0.6 is 11.8 Å². The molecule has 0 aliphatic heterocycles. The maximum absolute atomic E-state index is 13.6. The third-order valence-electron chi connectivity index (χ3n) is 3.48. The molecule has 0 heterocycles. The van der Waals surface area contributed by atoms with Crippen LogP contribution in [0.3, 0.4) is 0 Å². The molecule has 0 saturated heterocycles. The zero-order valence-corrected chi connectivity index (χ0v) is 14.7. The number of thioether (sulfide) groups is 1. The maximum atomic E-state index is 13.6. The molecule has 0 fully saturated rings. The number of nitrogens with one attached hydrogen (secondary N) is 1. The Labute approximate surface area is 145 Å². The van der Waals surface area contributed by atoms with Crippen LogP contribution in [0.5, 0.6) is 11.5 Å². The normalized spacial score (nSPS) is 11.7. The van der Waals surface area contributed by atoms with Gasteiger partial charge in [0.15, 0.2) is 0 Å². The summed E-state index contributed by atoms with van der Waals surface area (Å²) in [4.78, 5) is 12.2. The molecule has 0 aliphatic carbocycles. The molecular weight excluding hydrogens is 329 g/mol. The number of hydrogen-bond donors (Lipinski definition) is 1. The van der Waals surface area contributed by atoms with Gasteiger partial charge in [0, 0.05) is 11.3 Å².